The van der Waals surface area contributed by atoms with Crippen LogP contribution >= 0.6 is 0 Å². The second-order valence-corrected chi connectivity index (χ2v) is 3.69. The van der Waals surface area contributed by atoms with Gasteiger partial charge in [0.2, 0.25) is 0 Å². The molecule has 1 saturated carbocycles. The van der Waals surface area contributed by atoms with Crippen LogP contribution in [0.1, 0.15) is 24.0 Å². The Balaban J connectivity index is 2.48. The van der Waals surface area contributed by atoms with Gasteiger partial charge in [0.15, 0.2) is 0 Å². The third-order valence-corrected chi connectivity index (χ3v) is 2.70. The maximum absolute atomic E-state index is 9.97. The monoisotopic (exact) mass is 194 g/mol. The summed E-state index contributed by atoms with van der Waals surface area (Å²) in [5, 5.41) is 19.1. The number of benzene rings is 1. The van der Waals surface area contributed by atoms with Crippen LogP contribution in [-0.4, -0.2) is 17.3 Å². The van der Waals surface area contributed by atoms with Crippen molar-refractivity contribution in [2.24, 2.45) is 0 Å². The normalized spacial score (nSPS) is 17.9. The molecule has 1 aromatic carbocycles. The van der Waals surface area contributed by atoms with Crippen LogP contribution < -0.4 is 4.74 Å². The average molecular weight is 194 g/mol. The molecule has 3 nitrogen and oxygen atoms in total. The highest BCUT2D eigenvalue weighted by Gasteiger charge is 2.44. The second-order valence-electron chi connectivity index (χ2n) is 3.69. The van der Waals surface area contributed by atoms with Gasteiger partial charge >= 0.3 is 0 Å². The van der Waals surface area contributed by atoms with E-state index in [1.54, 1.807) is 13.2 Å². The van der Waals surface area contributed by atoms with Crippen molar-refractivity contribution in [2.45, 2.75) is 25.0 Å². The molecule has 0 heterocycles. The molecular weight excluding hydrogens is 180 g/mol. The van der Waals surface area contributed by atoms with Gasteiger partial charge in [-0.15, -0.1) is 0 Å². The number of aliphatic hydroxyl groups excluding tert-OH is 1. The number of hydrogen-bond acceptors (Lipinski definition) is 3. The van der Waals surface area contributed by atoms with Gasteiger partial charge in [-0.2, -0.15) is 0 Å². The van der Waals surface area contributed by atoms with Crippen molar-refractivity contribution in [3.05, 3.63) is 29.3 Å². The first kappa shape index (κ1) is 9.49. The van der Waals surface area contributed by atoms with E-state index >= 15 is 0 Å². The number of aliphatic hydroxyl groups is 2. The van der Waals surface area contributed by atoms with Crippen molar-refractivity contribution >= 4 is 0 Å². The Morgan fingerprint density at radius 3 is 2.64 bits per heavy atom. The molecule has 14 heavy (non-hydrogen) atoms. The van der Waals surface area contributed by atoms with E-state index < -0.39 is 5.60 Å². The molecule has 3 heteroatoms. The first-order valence-electron chi connectivity index (χ1n) is 4.71. The fourth-order valence-corrected chi connectivity index (χ4v) is 1.70. The molecule has 1 fully saturated rings. The first-order chi connectivity index (χ1) is 6.71. The number of para-hydroxylation sites is 1. The highest BCUT2D eigenvalue weighted by molar-refractivity contribution is 5.46. The molecule has 1 aromatic rings. The van der Waals surface area contributed by atoms with E-state index in [1.165, 1.54) is 0 Å². The Hall–Kier alpha value is -1.06. The van der Waals surface area contributed by atoms with E-state index in [2.05, 4.69) is 0 Å². The topological polar surface area (TPSA) is 49.7 Å². The number of rotatable bonds is 3. The average Bonchev–Trinajstić information content (AvgIpc) is 2.96. The molecule has 0 radical (unpaired) electrons. The van der Waals surface area contributed by atoms with E-state index in [9.17, 15) is 5.11 Å². The van der Waals surface area contributed by atoms with Crippen molar-refractivity contribution in [2.75, 3.05) is 7.11 Å². The molecule has 0 bridgehead atoms. The zero-order valence-electron chi connectivity index (χ0n) is 8.16. The molecular formula is C11H14O3. The first-order valence-corrected chi connectivity index (χ1v) is 4.71. The third-order valence-electron chi connectivity index (χ3n) is 2.70. The predicted molar refractivity (Wildman–Crippen MR) is 52.0 cm³/mol. The molecule has 0 amide bonds. The Morgan fingerprint density at radius 2 is 2.14 bits per heavy atom. The Labute approximate surface area is 83.0 Å². The Bertz CT molecular complexity index is 342. The molecule has 0 unspecified atom stereocenters. The van der Waals surface area contributed by atoms with Crippen LogP contribution in [-0.2, 0) is 12.2 Å². The number of methoxy groups -OCH3 is 1. The number of hydrogen-bond donors (Lipinski definition) is 2. The summed E-state index contributed by atoms with van der Waals surface area (Å²) in [7, 11) is 1.56. The van der Waals surface area contributed by atoms with Gasteiger partial charge in [0.1, 0.15) is 5.75 Å². The standard InChI is InChI=1S/C11H14O3/c1-14-10-8(7-12)3-2-4-9(10)11(13)5-6-11/h2-4,12-13H,5-7H2,1H3. The van der Waals surface area contributed by atoms with Crippen molar-refractivity contribution in [3.63, 3.8) is 0 Å². The van der Waals surface area contributed by atoms with E-state index in [0.29, 0.717) is 5.75 Å². The molecule has 0 spiro atoms. The summed E-state index contributed by atoms with van der Waals surface area (Å²) in [6, 6.07) is 5.48. The third kappa shape index (κ3) is 1.38. The smallest absolute Gasteiger partial charge is 0.130 e. The summed E-state index contributed by atoms with van der Waals surface area (Å²) in [5.41, 5.74) is 0.813. The quantitative estimate of drug-likeness (QED) is 0.759. The minimum absolute atomic E-state index is 0.0624. The van der Waals surface area contributed by atoms with Crippen LogP contribution in [0, 0.1) is 0 Å². The molecule has 1 aliphatic rings. The SMILES string of the molecule is COc1c(CO)cccc1C1(O)CC1. The largest absolute Gasteiger partial charge is 0.496 e. The lowest BCUT2D eigenvalue weighted by molar-refractivity contribution is 0.146. The minimum atomic E-state index is -0.712. The van der Waals surface area contributed by atoms with E-state index in [0.717, 1.165) is 24.0 Å². The van der Waals surface area contributed by atoms with Gasteiger partial charge in [0, 0.05) is 11.1 Å². The molecule has 1 aliphatic carbocycles. The second kappa shape index (κ2) is 3.26. The van der Waals surface area contributed by atoms with E-state index in [4.69, 9.17) is 9.84 Å². The molecule has 0 saturated heterocycles. The number of ether oxygens (including phenoxy) is 1. The van der Waals surface area contributed by atoms with Crippen LogP contribution in [0.25, 0.3) is 0 Å². The zero-order valence-corrected chi connectivity index (χ0v) is 8.16. The van der Waals surface area contributed by atoms with Crippen molar-refractivity contribution in [1.82, 2.24) is 0 Å². The fourth-order valence-electron chi connectivity index (χ4n) is 1.70. The van der Waals surface area contributed by atoms with E-state index in [-0.39, 0.29) is 6.61 Å². The van der Waals surface area contributed by atoms with Crippen LogP contribution in [0.4, 0.5) is 0 Å². The van der Waals surface area contributed by atoms with Gasteiger partial charge in [0.25, 0.3) is 0 Å². The van der Waals surface area contributed by atoms with Gasteiger partial charge in [-0.05, 0) is 12.8 Å². The van der Waals surface area contributed by atoms with Crippen LogP contribution in [0.3, 0.4) is 0 Å². The molecule has 2 rings (SSSR count). The maximum atomic E-state index is 9.97. The Morgan fingerprint density at radius 1 is 1.43 bits per heavy atom. The van der Waals surface area contributed by atoms with E-state index in [1.807, 2.05) is 12.1 Å². The lowest BCUT2D eigenvalue weighted by Gasteiger charge is -2.15. The van der Waals surface area contributed by atoms with Crippen LogP contribution in [0.2, 0.25) is 0 Å². The summed E-state index contributed by atoms with van der Waals surface area (Å²) in [5.74, 6) is 0.620. The lowest BCUT2D eigenvalue weighted by atomic mass is 10.0. The molecule has 0 aliphatic heterocycles. The highest BCUT2D eigenvalue weighted by atomic mass is 16.5. The minimum Gasteiger partial charge on any atom is -0.496 e. The highest BCUT2D eigenvalue weighted by Crippen LogP contribution is 2.49. The molecule has 0 atom stereocenters. The summed E-state index contributed by atoms with van der Waals surface area (Å²) >= 11 is 0. The summed E-state index contributed by atoms with van der Waals surface area (Å²) in [6.45, 7) is -0.0624. The van der Waals surface area contributed by atoms with Gasteiger partial charge in [-0.25, -0.2) is 0 Å². The maximum Gasteiger partial charge on any atom is 0.130 e. The summed E-state index contributed by atoms with van der Waals surface area (Å²) in [4.78, 5) is 0. The van der Waals surface area contributed by atoms with Gasteiger partial charge < -0.3 is 14.9 Å². The van der Waals surface area contributed by atoms with Crippen LogP contribution in [0.15, 0.2) is 18.2 Å². The van der Waals surface area contributed by atoms with Gasteiger partial charge in [-0.1, -0.05) is 18.2 Å². The van der Waals surface area contributed by atoms with Crippen molar-refractivity contribution < 1.29 is 14.9 Å². The van der Waals surface area contributed by atoms with Crippen molar-refractivity contribution in [1.29, 1.82) is 0 Å². The van der Waals surface area contributed by atoms with Crippen LogP contribution in [0.5, 0.6) is 5.75 Å². The molecule has 2 N–H and O–H groups in total. The van der Waals surface area contributed by atoms with Gasteiger partial charge in [0.05, 0.1) is 19.3 Å². The van der Waals surface area contributed by atoms with Gasteiger partial charge in [-0.3, -0.25) is 0 Å². The lowest BCUT2D eigenvalue weighted by Crippen LogP contribution is -2.08. The zero-order chi connectivity index (χ0) is 10.2. The summed E-state index contributed by atoms with van der Waals surface area (Å²) < 4.78 is 5.21. The predicted octanol–water partition coefficient (Wildman–Crippen LogP) is 1.17. The molecule has 76 valence electrons. The van der Waals surface area contributed by atoms with Crippen molar-refractivity contribution in [3.8, 4) is 5.75 Å². The molecule has 0 aromatic heterocycles. The Kier molecular flexibility index (Phi) is 2.21. The summed E-state index contributed by atoms with van der Waals surface area (Å²) in [6.07, 6.45) is 1.55. The fraction of sp³-hybridized carbons (Fsp3) is 0.455.